The Balaban J connectivity index is 1.58. The van der Waals surface area contributed by atoms with Crippen molar-refractivity contribution < 1.29 is 9.53 Å². The number of carbonyl (C=O) groups is 1. The maximum atomic E-state index is 13.0. The highest BCUT2D eigenvalue weighted by atomic mass is 16.5. The summed E-state index contributed by atoms with van der Waals surface area (Å²) in [7, 11) is 1.62. The average Bonchev–Trinajstić information content (AvgIpc) is 2.84. The van der Waals surface area contributed by atoms with Crippen LogP contribution in [0.15, 0.2) is 83.9 Å². The monoisotopic (exact) mass is 428 g/mol. The third kappa shape index (κ3) is 5.09. The van der Waals surface area contributed by atoms with Crippen LogP contribution in [0.4, 0.5) is 11.4 Å². The summed E-state index contributed by atoms with van der Waals surface area (Å²) in [6, 6.07) is 25.5. The van der Waals surface area contributed by atoms with Gasteiger partial charge in [0.2, 0.25) is 5.96 Å². The first-order valence-corrected chi connectivity index (χ1v) is 10.8. The number of amides is 1. The fraction of sp³-hybridized carbons (Fsp3) is 0.231. The molecule has 0 unspecified atom stereocenters. The van der Waals surface area contributed by atoms with Crippen molar-refractivity contribution in [3.8, 4) is 5.75 Å². The maximum absolute atomic E-state index is 13.0. The van der Waals surface area contributed by atoms with E-state index in [2.05, 4.69) is 39.4 Å². The van der Waals surface area contributed by atoms with Gasteiger partial charge < -0.3 is 14.5 Å². The number of anilines is 1. The first-order valence-electron chi connectivity index (χ1n) is 10.8. The Morgan fingerprint density at radius 2 is 1.62 bits per heavy atom. The number of nitrogens with one attached hydrogen (secondary N) is 1. The second-order valence-corrected chi connectivity index (χ2v) is 7.74. The topological polar surface area (TPSA) is 57.2 Å². The summed E-state index contributed by atoms with van der Waals surface area (Å²) in [6.07, 6.45) is 0. The van der Waals surface area contributed by atoms with Gasteiger partial charge in [-0.1, -0.05) is 48.0 Å². The highest BCUT2D eigenvalue weighted by molar-refractivity contribution is 6.06. The molecule has 1 aliphatic heterocycles. The van der Waals surface area contributed by atoms with Gasteiger partial charge in [-0.05, 0) is 43.3 Å². The molecule has 4 rings (SSSR count). The van der Waals surface area contributed by atoms with Crippen molar-refractivity contribution in [1.29, 1.82) is 0 Å². The molecule has 1 heterocycles. The number of rotatable bonds is 4. The van der Waals surface area contributed by atoms with E-state index in [1.807, 2.05) is 61.5 Å². The lowest BCUT2D eigenvalue weighted by Crippen LogP contribution is -2.53. The number of piperazine rings is 1. The average molecular weight is 429 g/mol. The Morgan fingerprint density at radius 3 is 2.34 bits per heavy atom. The van der Waals surface area contributed by atoms with Crippen molar-refractivity contribution in [2.24, 2.45) is 4.99 Å². The van der Waals surface area contributed by atoms with Crippen molar-refractivity contribution in [2.45, 2.75) is 6.92 Å². The molecule has 3 aromatic rings. The largest absolute Gasteiger partial charge is 0.494 e. The highest BCUT2D eigenvalue weighted by Crippen LogP contribution is 2.27. The maximum Gasteiger partial charge on any atom is 0.257 e. The van der Waals surface area contributed by atoms with E-state index in [0.29, 0.717) is 23.0 Å². The lowest BCUT2D eigenvalue weighted by atomic mass is 10.1. The first kappa shape index (κ1) is 21.4. The number of para-hydroxylation sites is 3. The third-order valence-corrected chi connectivity index (χ3v) is 5.52. The van der Waals surface area contributed by atoms with Crippen LogP contribution in [0.1, 0.15) is 15.9 Å². The summed E-state index contributed by atoms with van der Waals surface area (Å²) in [5.74, 6) is 1.03. The van der Waals surface area contributed by atoms with Crippen LogP contribution in [-0.2, 0) is 0 Å². The normalized spacial score (nSPS) is 14.2. The molecule has 1 aliphatic rings. The van der Waals surface area contributed by atoms with E-state index < -0.39 is 0 Å². The summed E-state index contributed by atoms with van der Waals surface area (Å²) in [5, 5.41) is 3.05. The number of ether oxygens (including phenoxy) is 1. The second kappa shape index (κ2) is 10.0. The van der Waals surface area contributed by atoms with Crippen LogP contribution in [0, 0.1) is 6.92 Å². The Bertz CT molecular complexity index is 1090. The van der Waals surface area contributed by atoms with Gasteiger partial charge in [-0.3, -0.25) is 10.1 Å². The van der Waals surface area contributed by atoms with Crippen LogP contribution in [0.2, 0.25) is 0 Å². The minimum Gasteiger partial charge on any atom is -0.494 e. The second-order valence-electron chi connectivity index (χ2n) is 7.74. The van der Waals surface area contributed by atoms with E-state index in [4.69, 9.17) is 9.73 Å². The third-order valence-electron chi connectivity index (χ3n) is 5.52. The van der Waals surface area contributed by atoms with Crippen LogP contribution in [0.3, 0.4) is 0 Å². The predicted molar refractivity (Wildman–Crippen MR) is 129 cm³/mol. The summed E-state index contributed by atoms with van der Waals surface area (Å²) >= 11 is 0. The molecule has 164 valence electrons. The highest BCUT2D eigenvalue weighted by Gasteiger charge is 2.22. The fourth-order valence-corrected chi connectivity index (χ4v) is 3.79. The van der Waals surface area contributed by atoms with Gasteiger partial charge in [-0.15, -0.1) is 0 Å². The molecule has 1 N–H and O–H groups in total. The van der Waals surface area contributed by atoms with Crippen LogP contribution in [0.25, 0.3) is 0 Å². The molecule has 6 heteroatoms. The van der Waals surface area contributed by atoms with Crippen LogP contribution >= 0.6 is 0 Å². The molecule has 0 radical (unpaired) electrons. The van der Waals surface area contributed by atoms with Crippen molar-refractivity contribution in [1.82, 2.24) is 10.2 Å². The zero-order chi connectivity index (χ0) is 22.3. The Hall–Kier alpha value is -3.80. The zero-order valence-electron chi connectivity index (χ0n) is 18.5. The Kier molecular flexibility index (Phi) is 6.70. The van der Waals surface area contributed by atoms with E-state index in [1.165, 1.54) is 5.69 Å². The van der Waals surface area contributed by atoms with E-state index in [9.17, 15) is 4.79 Å². The van der Waals surface area contributed by atoms with Crippen molar-refractivity contribution in [3.63, 3.8) is 0 Å². The molecule has 0 spiro atoms. The molecule has 1 fully saturated rings. The number of aliphatic imine (C=N–C) groups is 1. The molecule has 32 heavy (non-hydrogen) atoms. The van der Waals surface area contributed by atoms with Gasteiger partial charge in [-0.2, -0.15) is 0 Å². The van der Waals surface area contributed by atoms with Gasteiger partial charge in [0.15, 0.2) is 0 Å². The Labute approximate surface area is 189 Å². The summed E-state index contributed by atoms with van der Waals surface area (Å²) in [4.78, 5) is 22.3. The van der Waals surface area contributed by atoms with Gasteiger partial charge in [-0.25, -0.2) is 4.99 Å². The number of methoxy groups -OCH3 is 1. The molecular weight excluding hydrogens is 400 g/mol. The zero-order valence-corrected chi connectivity index (χ0v) is 18.5. The number of carbonyl (C=O) groups excluding carboxylic acids is 1. The molecule has 0 aliphatic carbocycles. The quantitative estimate of drug-likeness (QED) is 0.499. The van der Waals surface area contributed by atoms with E-state index in [0.717, 1.165) is 31.7 Å². The number of nitrogens with zero attached hydrogens (tertiary/aromatic N) is 3. The fourth-order valence-electron chi connectivity index (χ4n) is 3.79. The van der Waals surface area contributed by atoms with Gasteiger partial charge in [0.25, 0.3) is 5.91 Å². The molecule has 3 aromatic carbocycles. The smallest absolute Gasteiger partial charge is 0.257 e. The minimum absolute atomic E-state index is 0.173. The number of hydrogen-bond donors (Lipinski definition) is 1. The van der Waals surface area contributed by atoms with Gasteiger partial charge in [0.1, 0.15) is 11.4 Å². The molecular formula is C26H28N4O2. The summed E-state index contributed by atoms with van der Waals surface area (Å²) in [6.45, 7) is 5.15. The van der Waals surface area contributed by atoms with Gasteiger partial charge in [0.05, 0.1) is 7.11 Å². The van der Waals surface area contributed by atoms with Gasteiger partial charge >= 0.3 is 0 Å². The van der Waals surface area contributed by atoms with Crippen LogP contribution in [-0.4, -0.2) is 50.1 Å². The number of benzene rings is 3. The summed E-state index contributed by atoms with van der Waals surface area (Å²) < 4.78 is 5.47. The van der Waals surface area contributed by atoms with Crippen LogP contribution in [0.5, 0.6) is 5.75 Å². The molecule has 0 aromatic heterocycles. The lowest BCUT2D eigenvalue weighted by molar-refractivity contribution is 0.0971. The standard InChI is InChI=1S/C26H28N4O2/c1-20-9-8-10-21(19-20)25(31)28-26(27-23-13-6-7-14-24(23)32-2)30-17-15-29(16-18-30)22-11-4-3-5-12-22/h3-14,19H,15-18H2,1-2H3,(H,27,28,31). The van der Waals surface area contributed by atoms with Gasteiger partial charge in [0, 0.05) is 37.4 Å². The molecule has 1 amide bonds. The van der Waals surface area contributed by atoms with Crippen molar-refractivity contribution >= 4 is 23.2 Å². The molecule has 6 nitrogen and oxygen atoms in total. The predicted octanol–water partition coefficient (Wildman–Crippen LogP) is 4.24. The van der Waals surface area contributed by atoms with E-state index in [-0.39, 0.29) is 5.91 Å². The van der Waals surface area contributed by atoms with Crippen molar-refractivity contribution in [3.05, 3.63) is 90.0 Å². The van der Waals surface area contributed by atoms with E-state index in [1.54, 1.807) is 7.11 Å². The SMILES string of the molecule is COc1ccccc1N=C(NC(=O)c1cccc(C)c1)N1CCN(c2ccccc2)CC1. The molecule has 0 bridgehead atoms. The molecule has 0 atom stereocenters. The number of guanidine groups is 1. The van der Waals surface area contributed by atoms with Crippen LogP contribution < -0.4 is 15.0 Å². The first-order chi connectivity index (χ1) is 15.6. The van der Waals surface area contributed by atoms with Crippen molar-refractivity contribution in [2.75, 3.05) is 38.2 Å². The minimum atomic E-state index is -0.173. The molecule has 0 saturated carbocycles. The lowest BCUT2D eigenvalue weighted by Gasteiger charge is -2.37. The number of aryl methyl sites for hydroxylation is 1. The number of hydrogen-bond acceptors (Lipinski definition) is 4. The van der Waals surface area contributed by atoms with E-state index >= 15 is 0 Å². The molecule has 1 saturated heterocycles. The Morgan fingerprint density at radius 1 is 0.906 bits per heavy atom. The summed E-state index contributed by atoms with van der Waals surface area (Å²) in [5.41, 5.74) is 3.54.